The van der Waals surface area contributed by atoms with Crippen LogP contribution in [0.25, 0.3) is 0 Å². The van der Waals surface area contributed by atoms with E-state index in [9.17, 15) is 9.59 Å². The Kier molecular flexibility index (Phi) is 11.3. The molecule has 0 aliphatic heterocycles. The molecule has 1 unspecified atom stereocenters. The molecule has 0 saturated heterocycles. The summed E-state index contributed by atoms with van der Waals surface area (Å²) in [5.41, 5.74) is 0.537. The van der Waals surface area contributed by atoms with Gasteiger partial charge in [-0.3, -0.25) is 4.79 Å². The molecular weight excluding hydrogens is 553 g/mol. The van der Waals surface area contributed by atoms with Gasteiger partial charge < -0.3 is 10.1 Å². The quantitative estimate of drug-likeness (QED) is 0.253. The van der Waals surface area contributed by atoms with Gasteiger partial charge >= 0.3 is 127 Å². The topological polar surface area (TPSA) is 55.4 Å². The zero-order chi connectivity index (χ0) is 25.6. The van der Waals surface area contributed by atoms with Gasteiger partial charge in [0.25, 0.3) is 5.91 Å². The van der Waals surface area contributed by atoms with Gasteiger partial charge in [-0.05, 0) is 25.5 Å². The standard InChI is InChI=1S/C13H17NO3.3C6H5.Sn.H/c1-3-11(13(16)17-4-2)14-12(15)10-8-6-5-7-9-10;3*1-2-4-6-5-3-1;;/h5-9,11H,3-4H2,1-2H3,(H,14,15);3*1-5H;;. The van der Waals surface area contributed by atoms with Crippen LogP contribution in [0.1, 0.15) is 30.6 Å². The summed E-state index contributed by atoms with van der Waals surface area (Å²) >= 11 is -2.14. The Bertz CT molecular complexity index is 1090. The molecule has 4 aromatic carbocycles. The average molecular weight is 586 g/mol. The van der Waals surface area contributed by atoms with Crippen LogP contribution in [-0.4, -0.2) is 44.3 Å². The number of nitrogens with one attached hydrogen (secondary N) is 1. The maximum atomic E-state index is 11.8. The van der Waals surface area contributed by atoms with Crippen molar-refractivity contribution < 1.29 is 14.3 Å². The van der Waals surface area contributed by atoms with Gasteiger partial charge in [-0.2, -0.15) is 0 Å². The first-order valence-electron chi connectivity index (χ1n) is 12.3. The van der Waals surface area contributed by atoms with E-state index >= 15 is 0 Å². The van der Waals surface area contributed by atoms with Gasteiger partial charge in [-0.1, -0.05) is 25.1 Å². The van der Waals surface area contributed by atoms with Gasteiger partial charge in [0.05, 0.1) is 6.61 Å². The molecule has 4 rings (SSSR count). The van der Waals surface area contributed by atoms with Crippen molar-refractivity contribution in [2.24, 2.45) is 0 Å². The number of amides is 1. The first kappa shape index (κ1) is 27.2. The zero-order valence-corrected chi connectivity index (χ0v) is 24.1. The molecule has 0 heterocycles. The fourth-order valence-corrected chi connectivity index (χ4v) is 12.4. The second-order valence-corrected chi connectivity index (χ2v) is 16.4. The van der Waals surface area contributed by atoms with Crippen molar-refractivity contribution in [3.8, 4) is 0 Å². The third-order valence-electron chi connectivity index (χ3n) is 5.72. The summed E-state index contributed by atoms with van der Waals surface area (Å²) in [5.74, 6) is -0.648. The summed E-state index contributed by atoms with van der Waals surface area (Å²) < 4.78 is 9.51. The normalized spacial score (nSPS) is 11.1. The number of hydrogen-bond donors (Lipinski definition) is 1. The van der Waals surface area contributed by atoms with E-state index in [1.807, 2.05) is 13.0 Å². The Balaban J connectivity index is 0.000000202. The number of benzene rings is 4. The fraction of sp³-hybridized carbons (Fsp3) is 0.161. The van der Waals surface area contributed by atoms with Crippen LogP contribution in [0.15, 0.2) is 121 Å². The van der Waals surface area contributed by atoms with E-state index in [2.05, 4.69) is 96.3 Å². The molecule has 0 bridgehead atoms. The monoisotopic (exact) mass is 587 g/mol. The molecule has 0 aliphatic rings. The molecule has 0 spiro atoms. The summed E-state index contributed by atoms with van der Waals surface area (Å²) in [6, 6.07) is 41.2. The van der Waals surface area contributed by atoms with Crippen LogP contribution in [0.2, 0.25) is 0 Å². The van der Waals surface area contributed by atoms with Crippen LogP contribution in [-0.2, 0) is 9.53 Å². The number of rotatable bonds is 8. The van der Waals surface area contributed by atoms with Crippen molar-refractivity contribution in [3.63, 3.8) is 0 Å². The maximum absolute atomic E-state index is 11.8. The fourth-order valence-electron chi connectivity index (χ4n) is 3.92. The van der Waals surface area contributed by atoms with Crippen LogP contribution < -0.4 is 16.1 Å². The van der Waals surface area contributed by atoms with Crippen molar-refractivity contribution in [2.45, 2.75) is 26.3 Å². The predicted molar refractivity (Wildman–Crippen MR) is 150 cm³/mol. The first-order chi connectivity index (χ1) is 17.6. The van der Waals surface area contributed by atoms with Crippen molar-refractivity contribution in [1.82, 2.24) is 5.32 Å². The summed E-state index contributed by atoms with van der Waals surface area (Å²) in [4.78, 5) is 23.3. The van der Waals surface area contributed by atoms with Gasteiger partial charge in [-0.25, -0.2) is 4.79 Å². The van der Waals surface area contributed by atoms with E-state index in [4.69, 9.17) is 4.74 Å². The molecule has 0 aliphatic carbocycles. The molecule has 0 fully saturated rings. The molecule has 4 nitrogen and oxygen atoms in total. The van der Waals surface area contributed by atoms with E-state index in [-0.39, 0.29) is 11.9 Å². The Morgan fingerprint density at radius 2 is 1.06 bits per heavy atom. The minimum absolute atomic E-state index is 0.259. The molecule has 0 aromatic heterocycles. The molecule has 0 saturated carbocycles. The average Bonchev–Trinajstić information content (AvgIpc) is 2.94. The SMILES string of the molecule is CCOC(=O)C(CC)NC(=O)c1ccccc1.c1cc[c]([SnH]([c]2ccccc2)[c]2ccccc2)cc1. The molecule has 0 radical (unpaired) electrons. The predicted octanol–water partition coefficient (Wildman–Crippen LogP) is 3.69. The second kappa shape index (κ2) is 14.9. The molecule has 1 N–H and O–H groups in total. The second-order valence-electron chi connectivity index (χ2n) is 8.22. The number of carbonyl (C=O) groups is 2. The van der Waals surface area contributed by atoms with E-state index < -0.39 is 25.8 Å². The van der Waals surface area contributed by atoms with Crippen molar-refractivity contribution in [1.29, 1.82) is 0 Å². The van der Waals surface area contributed by atoms with E-state index in [1.165, 1.54) is 0 Å². The van der Waals surface area contributed by atoms with Gasteiger partial charge in [-0.15, -0.1) is 0 Å². The van der Waals surface area contributed by atoms with Crippen LogP contribution in [0.3, 0.4) is 0 Å². The third-order valence-corrected chi connectivity index (χ3v) is 14.7. The van der Waals surface area contributed by atoms with E-state index in [0.29, 0.717) is 18.6 Å². The van der Waals surface area contributed by atoms with Crippen molar-refractivity contribution in [3.05, 3.63) is 127 Å². The summed E-state index contributed by atoms with van der Waals surface area (Å²) in [6.45, 7) is 3.88. The number of hydrogen-bond acceptors (Lipinski definition) is 3. The Morgan fingerprint density at radius 1 is 0.667 bits per heavy atom. The van der Waals surface area contributed by atoms with Crippen LogP contribution >= 0.6 is 0 Å². The van der Waals surface area contributed by atoms with Crippen LogP contribution in [0.4, 0.5) is 0 Å². The zero-order valence-electron chi connectivity index (χ0n) is 20.8. The van der Waals surface area contributed by atoms with E-state index in [1.54, 1.807) is 41.9 Å². The van der Waals surface area contributed by atoms with Gasteiger partial charge in [0.2, 0.25) is 0 Å². The summed E-state index contributed by atoms with van der Waals surface area (Å²) in [6.07, 6.45) is 0.511. The first-order valence-corrected chi connectivity index (χ1v) is 17.3. The van der Waals surface area contributed by atoms with Crippen LogP contribution in [0.5, 0.6) is 0 Å². The molecule has 184 valence electrons. The number of esters is 1. The summed E-state index contributed by atoms with van der Waals surface area (Å²) in [5, 5.41) is 2.65. The Morgan fingerprint density at radius 3 is 1.42 bits per heavy atom. The number of ether oxygens (including phenoxy) is 1. The third kappa shape index (κ3) is 8.09. The van der Waals surface area contributed by atoms with Gasteiger partial charge in [0, 0.05) is 5.56 Å². The molecule has 1 atom stereocenters. The minimum atomic E-state index is -2.14. The Labute approximate surface area is 221 Å². The molecule has 1 amide bonds. The molecule has 36 heavy (non-hydrogen) atoms. The Hall–Kier alpha value is -3.38. The molecule has 4 aromatic rings. The van der Waals surface area contributed by atoms with Crippen molar-refractivity contribution in [2.75, 3.05) is 6.61 Å². The molecular formula is C31H33NO3Sn. The van der Waals surface area contributed by atoms with Crippen molar-refractivity contribution >= 4 is 42.4 Å². The number of carbonyl (C=O) groups excluding carboxylic acids is 2. The summed E-state index contributed by atoms with van der Waals surface area (Å²) in [7, 11) is 0. The van der Waals surface area contributed by atoms with Gasteiger partial charge in [0.15, 0.2) is 0 Å². The van der Waals surface area contributed by atoms with Gasteiger partial charge in [0.1, 0.15) is 6.04 Å². The van der Waals surface area contributed by atoms with Crippen LogP contribution in [0, 0.1) is 0 Å². The van der Waals surface area contributed by atoms with E-state index in [0.717, 1.165) is 0 Å². The molecule has 5 heteroatoms.